The lowest BCUT2D eigenvalue weighted by Gasteiger charge is -2.11. The molecule has 0 bridgehead atoms. The molecule has 1 aromatic heterocycles. The quantitative estimate of drug-likeness (QED) is 0.765. The number of aromatic nitrogens is 2. The lowest BCUT2D eigenvalue weighted by atomic mass is 10.1. The number of nitrogens with one attached hydrogen (secondary N) is 1. The Labute approximate surface area is 136 Å². The van der Waals surface area contributed by atoms with E-state index in [9.17, 15) is 14.7 Å². The molecule has 1 heterocycles. The summed E-state index contributed by atoms with van der Waals surface area (Å²) in [6.45, 7) is 0.0749. The summed E-state index contributed by atoms with van der Waals surface area (Å²) in [6.07, 6.45) is -0.764. The number of hydrogen-bond donors (Lipinski definition) is 2. The predicted octanol–water partition coefficient (Wildman–Crippen LogP) is 3.08. The van der Waals surface area contributed by atoms with Crippen molar-refractivity contribution >= 4 is 28.7 Å². The van der Waals surface area contributed by atoms with E-state index in [1.165, 1.54) is 0 Å². The van der Waals surface area contributed by atoms with Gasteiger partial charge in [-0.15, -0.1) is 10.2 Å². The van der Waals surface area contributed by atoms with Crippen LogP contribution < -0.4 is 5.32 Å². The largest absolute Gasteiger partial charge is 0.476 e. The van der Waals surface area contributed by atoms with Crippen LogP contribution >= 0.6 is 0 Å². The Morgan fingerprint density at radius 3 is 2.46 bits per heavy atom. The minimum absolute atomic E-state index is 0.0613. The van der Waals surface area contributed by atoms with Gasteiger partial charge in [0.1, 0.15) is 6.61 Å². The molecule has 24 heavy (non-hydrogen) atoms. The van der Waals surface area contributed by atoms with Crippen molar-refractivity contribution in [3.05, 3.63) is 65.9 Å². The smallest absolute Gasteiger partial charge is 0.412 e. The molecule has 1 amide bonds. The molecule has 3 aromatic rings. The molecule has 0 aliphatic carbocycles. The fraction of sp³-hybridized carbons (Fsp3) is 0.0588. The summed E-state index contributed by atoms with van der Waals surface area (Å²) in [6, 6.07) is 16.0. The third-order valence-corrected chi connectivity index (χ3v) is 3.31. The molecule has 0 atom stereocenters. The van der Waals surface area contributed by atoms with Crippen molar-refractivity contribution < 1.29 is 19.4 Å². The van der Waals surface area contributed by atoms with E-state index >= 15 is 0 Å². The molecule has 0 spiro atoms. The van der Waals surface area contributed by atoms with Crippen LogP contribution in [0, 0.1) is 0 Å². The van der Waals surface area contributed by atoms with E-state index in [0.29, 0.717) is 10.9 Å². The van der Waals surface area contributed by atoms with Crippen LogP contribution in [0.25, 0.3) is 10.9 Å². The molecule has 0 saturated carbocycles. The van der Waals surface area contributed by atoms with E-state index in [-0.39, 0.29) is 18.0 Å². The van der Waals surface area contributed by atoms with Gasteiger partial charge in [-0.2, -0.15) is 0 Å². The van der Waals surface area contributed by atoms with Crippen LogP contribution in [-0.4, -0.2) is 27.4 Å². The van der Waals surface area contributed by atoms with Crippen molar-refractivity contribution in [1.82, 2.24) is 10.2 Å². The highest BCUT2D eigenvalue weighted by atomic mass is 16.5. The van der Waals surface area contributed by atoms with Crippen molar-refractivity contribution in [2.45, 2.75) is 6.61 Å². The second-order valence-electron chi connectivity index (χ2n) is 4.93. The number of carbonyl (C=O) groups is 2. The van der Waals surface area contributed by atoms with Gasteiger partial charge >= 0.3 is 12.1 Å². The Kier molecular flexibility index (Phi) is 4.33. The number of fused-ring (bicyclic) bond motifs is 1. The van der Waals surface area contributed by atoms with Crippen molar-refractivity contribution in [2.75, 3.05) is 5.32 Å². The summed E-state index contributed by atoms with van der Waals surface area (Å²) < 4.78 is 5.12. The number of hydrogen-bond acceptors (Lipinski definition) is 5. The zero-order valence-corrected chi connectivity index (χ0v) is 12.5. The Hall–Kier alpha value is -3.48. The summed E-state index contributed by atoms with van der Waals surface area (Å²) in [5.41, 5.74) is 1.02. The Balaban J connectivity index is 1.84. The first-order valence-corrected chi connectivity index (χ1v) is 7.11. The molecular weight excluding hydrogens is 310 g/mol. The zero-order valence-electron chi connectivity index (χ0n) is 12.5. The molecule has 3 rings (SSSR count). The molecule has 0 radical (unpaired) electrons. The molecule has 2 N–H and O–H groups in total. The van der Waals surface area contributed by atoms with E-state index in [2.05, 4.69) is 15.5 Å². The van der Waals surface area contributed by atoms with Gasteiger partial charge < -0.3 is 9.84 Å². The monoisotopic (exact) mass is 323 g/mol. The first kappa shape index (κ1) is 15.4. The molecule has 0 aliphatic rings. The number of anilines is 1. The highest BCUT2D eigenvalue weighted by molar-refractivity contribution is 6.06. The molecular formula is C17H13N3O4. The number of ether oxygens (including phenoxy) is 1. The van der Waals surface area contributed by atoms with E-state index in [0.717, 1.165) is 5.56 Å². The summed E-state index contributed by atoms with van der Waals surface area (Å²) in [4.78, 5) is 23.4. The average molecular weight is 323 g/mol. The summed E-state index contributed by atoms with van der Waals surface area (Å²) >= 11 is 0. The second-order valence-corrected chi connectivity index (χ2v) is 4.93. The lowest BCUT2D eigenvalue weighted by Crippen LogP contribution is -2.17. The van der Waals surface area contributed by atoms with Gasteiger partial charge in [0.05, 0.1) is 11.2 Å². The van der Waals surface area contributed by atoms with E-state index in [1.54, 1.807) is 24.3 Å². The van der Waals surface area contributed by atoms with Gasteiger partial charge in [0.25, 0.3) is 0 Å². The Morgan fingerprint density at radius 1 is 1.00 bits per heavy atom. The molecule has 0 saturated heterocycles. The van der Waals surface area contributed by atoms with Crippen molar-refractivity contribution in [2.24, 2.45) is 0 Å². The first-order chi connectivity index (χ1) is 11.6. The van der Waals surface area contributed by atoms with Gasteiger partial charge in [0.15, 0.2) is 5.69 Å². The van der Waals surface area contributed by atoms with Gasteiger partial charge in [-0.05, 0) is 11.6 Å². The minimum atomic E-state index is -1.29. The van der Waals surface area contributed by atoms with Crippen molar-refractivity contribution in [3.63, 3.8) is 0 Å². The van der Waals surface area contributed by atoms with Crippen LogP contribution in [0.3, 0.4) is 0 Å². The molecule has 0 unspecified atom stereocenters. The molecule has 0 aliphatic heterocycles. The third-order valence-electron chi connectivity index (χ3n) is 3.31. The van der Waals surface area contributed by atoms with Gasteiger partial charge in [-0.3, -0.25) is 5.32 Å². The maximum Gasteiger partial charge on any atom is 0.412 e. The van der Waals surface area contributed by atoms with Crippen LogP contribution in [0.1, 0.15) is 16.1 Å². The number of aromatic carboxylic acids is 1. The fourth-order valence-corrected chi connectivity index (χ4v) is 2.19. The standard InChI is InChI=1S/C17H13N3O4/c21-16(22)15-14(12-8-4-5-9-13(12)19-20-15)18-17(23)24-10-11-6-2-1-3-7-11/h1-9H,10H2,(H,21,22)(H,18,19,23). The van der Waals surface area contributed by atoms with Gasteiger partial charge in [-0.25, -0.2) is 9.59 Å². The second kappa shape index (κ2) is 6.74. The third kappa shape index (κ3) is 3.30. The number of carbonyl (C=O) groups excluding carboxylic acids is 1. The predicted molar refractivity (Wildman–Crippen MR) is 86.7 cm³/mol. The summed E-state index contributed by atoms with van der Waals surface area (Å²) in [7, 11) is 0. The lowest BCUT2D eigenvalue weighted by molar-refractivity contribution is 0.0690. The molecule has 0 fully saturated rings. The molecule has 120 valence electrons. The zero-order chi connectivity index (χ0) is 16.9. The van der Waals surface area contributed by atoms with Crippen LogP contribution in [0.4, 0.5) is 10.5 Å². The highest BCUT2D eigenvalue weighted by Crippen LogP contribution is 2.24. The van der Waals surface area contributed by atoms with Crippen molar-refractivity contribution in [3.8, 4) is 0 Å². The normalized spacial score (nSPS) is 10.3. The highest BCUT2D eigenvalue weighted by Gasteiger charge is 2.19. The number of carboxylic acids is 1. The number of rotatable bonds is 4. The SMILES string of the molecule is O=C(Nc1c(C(=O)O)nnc2ccccc12)OCc1ccccc1. The van der Waals surface area contributed by atoms with Gasteiger partial charge in [-0.1, -0.05) is 48.5 Å². The van der Waals surface area contributed by atoms with Gasteiger partial charge in [0, 0.05) is 5.39 Å². The van der Waals surface area contributed by atoms with Crippen LogP contribution in [-0.2, 0) is 11.3 Å². The number of carboxylic acid groups (broad SMARTS) is 1. The number of benzene rings is 2. The molecule has 2 aromatic carbocycles. The Bertz CT molecular complexity index is 897. The van der Waals surface area contributed by atoms with Crippen LogP contribution in [0.2, 0.25) is 0 Å². The number of nitrogens with zero attached hydrogens (tertiary/aromatic N) is 2. The maximum absolute atomic E-state index is 12.0. The summed E-state index contributed by atoms with van der Waals surface area (Å²) in [5.74, 6) is -1.29. The first-order valence-electron chi connectivity index (χ1n) is 7.11. The van der Waals surface area contributed by atoms with E-state index in [1.807, 2.05) is 30.3 Å². The maximum atomic E-state index is 12.0. The molecule has 7 nitrogen and oxygen atoms in total. The van der Waals surface area contributed by atoms with Crippen molar-refractivity contribution in [1.29, 1.82) is 0 Å². The molecule has 7 heteroatoms. The van der Waals surface area contributed by atoms with Crippen LogP contribution in [0.5, 0.6) is 0 Å². The van der Waals surface area contributed by atoms with E-state index in [4.69, 9.17) is 4.74 Å². The summed E-state index contributed by atoms with van der Waals surface area (Å²) in [5, 5.41) is 19.7. The van der Waals surface area contributed by atoms with Crippen LogP contribution in [0.15, 0.2) is 54.6 Å². The number of amides is 1. The Morgan fingerprint density at radius 2 is 1.71 bits per heavy atom. The van der Waals surface area contributed by atoms with E-state index < -0.39 is 12.1 Å². The minimum Gasteiger partial charge on any atom is -0.476 e. The average Bonchev–Trinajstić information content (AvgIpc) is 2.61. The van der Waals surface area contributed by atoms with Gasteiger partial charge in [0.2, 0.25) is 0 Å². The topological polar surface area (TPSA) is 101 Å². The fourth-order valence-electron chi connectivity index (χ4n) is 2.19.